The summed E-state index contributed by atoms with van der Waals surface area (Å²) in [4.78, 5) is 16.0. The van der Waals surface area contributed by atoms with Crippen LogP contribution in [-0.4, -0.2) is 48.4 Å². The largest absolute Gasteiger partial charge is 0.340 e. The van der Waals surface area contributed by atoms with E-state index in [1.165, 1.54) is 0 Å². The molecule has 0 aromatic carbocycles. The molecule has 4 heteroatoms. The third kappa shape index (κ3) is 2.69. The molecule has 0 atom stereocenters. The topological polar surface area (TPSA) is 47.3 Å². The third-order valence-electron chi connectivity index (χ3n) is 3.15. The predicted molar refractivity (Wildman–Crippen MR) is 56.0 cm³/mol. The van der Waals surface area contributed by atoms with Gasteiger partial charge in [0.15, 0.2) is 0 Å². The molecule has 2 rings (SSSR count). The van der Waals surface area contributed by atoms with Crippen LogP contribution in [0.4, 0.5) is 0 Å². The summed E-state index contributed by atoms with van der Waals surface area (Å²) in [5.74, 6) is 0.700. The van der Waals surface area contributed by atoms with Crippen LogP contribution < -0.4 is 0 Å². The minimum atomic E-state index is 0.343. The number of hydrogen-bond donors (Lipinski definition) is 0. The van der Waals surface area contributed by atoms with Crippen molar-refractivity contribution in [3.8, 4) is 6.07 Å². The molecular weight excluding hydrogens is 190 g/mol. The second kappa shape index (κ2) is 4.63. The second-order valence-electron chi connectivity index (χ2n) is 4.35. The van der Waals surface area contributed by atoms with Gasteiger partial charge in [-0.2, -0.15) is 5.26 Å². The molecule has 2 aliphatic rings. The van der Waals surface area contributed by atoms with E-state index in [1.807, 2.05) is 4.90 Å². The first-order valence-corrected chi connectivity index (χ1v) is 5.69. The number of nitriles is 1. The lowest BCUT2D eigenvalue weighted by Gasteiger charge is -2.34. The Kier molecular flexibility index (Phi) is 3.22. The van der Waals surface area contributed by atoms with Crippen molar-refractivity contribution in [1.29, 1.82) is 5.26 Å². The maximum absolute atomic E-state index is 11.7. The van der Waals surface area contributed by atoms with Gasteiger partial charge in [-0.15, -0.1) is 0 Å². The Labute approximate surface area is 90.5 Å². The fourth-order valence-corrected chi connectivity index (χ4v) is 1.99. The summed E-state index contributed by atoms with van der Waals surface area (Å²) < 4.78 is 0. The van der Waals surface area contributed by atoms with Gasteiger partial charge in [-0.1, -0.05) is 0 Å². The van der Waals surface area contributed by atoms with Crippen LogP contribution in [0.25, 0.3) is 0 Å². The number of carbonyl (C=O) groups excluding carboxylic acids is 1. The average Bonchev–Trinajstić information content (AvgIpc) is 3.10. The Morgan fingerprint density at radius 3 is 2.47 bits per heavy atom. The van der Waals surface area contributed by atoms with E-state index >= 15 is 0 Å². The Morgan fingerprint density at radius 2 is 1.93 bits per heavy atom. The maximum Gasteiger partial charge on any atom is 0.225 e. The van der Waals surface area contributed by atoms with Crippen LogP contribution in [0.5, 0.6) is 0 Å². The molecule has 0 spiro atoms. The Balaban J connectivity index is 1.72. The Hall–Kier alpha value is -1.08. The fourth-order valence-electron chi connectivity index (χ4n) is 1.99. The standard InChI is InChI=1S/C11H17N3O/c12-4-1-5-13-6-8-14(9-7-13)11(15)10-2-3-10/h10H,1-3,5-9H2. The normalized spacial score (nSPS) is 22.5. The summed E-state index contributed by atoms with van der Waals surface area (Å²) >= 11 is 0. The molecule has 1 aliphatic carbocycles. The number of hydrogen-bond acceptors (Lipinski definition) is 3. The van der Waals surface area contributed by atoms with E-state index in [-0.39, 0.29) is 0 Å². The summed E-state index contributed by atoms with van der Waals surface area (Å²) in [5, 5.41) is 8.48. The molecule has 4 nitrogen and oxygen atoms in total. The van der Waals surface area contributed by atoms with Gasteiger partial charge >= 0.3 is 0 Å². The van der Waals surface area contributed by atoms with Gasteiger partial charge < -0.3 is 4.90 Å². The number of amides is 1. The molecule has 0 aromatic rings. The SMILES string of the molecule is N#CCCN1CCN(C(=O)C2CC2)CC1. The van der Waals surface area contributed by atoms with E-state index < -0.39 is 0 Å². The monoisotopic (exact) mass is 207 g/mol. The zero-order valence-corrected chi connectivity index (χ0v) is 8.98. The molecule has 1 saturated heterocycles. The number of piperazine rings is 1. The Bertz CT molecular complexity index is 272. The number of rotatable bonds is 3. The first kappa shape index (κ1) is 10.4. The van der Waals surface area contributed by atoms with E-state index in [2.05, 4.69) is 11.0 Å². The molecule has 1 saturated carbocycles. The molecule has 1 amide bonds. The van der Waals surface area contributed by atoms with E-state index in [0.29, 0.717) is 18.2 Å². The lowest BCUT2D eigenvalue weighted by atomic mass is 10.2. The molecule has 82 valence electrons. The molecule has 2 fully saturated rings. The first-order valence-electron chi connectivity index (χ1n) is 5.69. The highest BCUT2D eigenvalue weighted by atomic mass is 16.2. The van der Waals surface area contributed by atoms with Gasteiger partial charge in [0, 0.05) is 45.1 Å². The number of carbonyl (C=O) groups is 1. The van der Waals surface area contributed by atoms with Crippen LogP contribution in [0.1, 0.15) is 19.3 Å². The molecule has 15 heavy (non-hydrogen) atoms. The molecule has 0 bridgehead atoms. The van der Waals surface area contributed by atoms with Crippen molar-refractivity contribution in [2.75, 3.05) is 32.7 Å². The van der Waals surface area contributed by atoms with Gasteiger partial charge in [0.25, 0.3) is 0 Å². The zero-order chi connectivity index (χ0) is 10.7. The fraction of sp³-hybridized carbons (Fsp3) is 0.818. The summed E-state index contributed by atoms with van der Waals surface area (Å²) in [6.07, 6.45) is 2.78. The minimum Gasteiger partial charge on any atom is -0.340 e. The maximum atomic E-state index is 11.7. The van der Waals surface area contributed by atoms with Crippen LogP contribution in [0.15, 0.2) is 0 Å². The van der Waals surface area contributed by atoms with E-state index in [9.17, 15) is 4.79 Å². The first-order chi connectivity index (χ1) is 7.31. The van der Waals surface area contributed by atoms with Crippen molar-refractivity contribution in [3.05, 3.63) is 0 Å². The molecular formula is C11H17N3O. The lowest BCUT2D eigenvalue weighted by molar-refractivity contribution is -0.134. The smallest absolute Gasteiger partial charge is 0.225 e. The van der Waals surface area contributed by atoms with Crippen LogP contribution in [0.2, 0.25) is 0 Å². The summed E-state index contributed by atoms with van der Waals surface area (Å²) in [5.41, 5.74) is 0. The van der Waals surface area contributed by atoms with Crippen molar-refractivity contribution in [2.24, 2.45) is 5.92 Å². The van der Waals surface area contributed by atoms with Gasteiger partial charge in [-0.05, 0) is 12.8 Å². The van der Waals surface area contributed by atoms with Crippen molar-refractivity contribution >= 4 is 5.91 Å². The van der Waals surface area contributed by atoms with Crippen molar-refractivity contribution in [1.82, 2.24) is 9.80 Å². The predicted octanol–water partition coefficient (Wildman–Crippen LogP) is 0.454. The molecule has 0 unspecified atom stereocenters. The van der Waals surface area contributed by atoms with E-state index in [0.717, 1.165) is 45.6 Å². The van der Waals surface area contributed by atoms with Crippen LogP contribution in [-0.2, 0) is 4.79 Å². The minimum absolute atomic E-state index is 0.343. The summed E-state index contributed by atoms with van der Waals surface area (Å²) in [6, 6.07) is 2.15. The van der Waals surface area contributed by atoms with Crippen molar-refractivity contribution in [2.45, 2.75) is 19.3 Å². The molecule has 1 heterocycles. The van der Waals surface area contributed by atoms with Gasteiger partial charge in [0.05, 0.1) is 6.07 Å². The highest BCUT2D eigenvalue weighted by Crippen LogP contribution is 2.31. The summed E-state index contributed by atoms with van der Waals surface area (Å²) in [6.45, 7) is 4.41. The van der Waals surface area contributed by atoms with E-state index in [4.69, 9.17) is 5.26 Å². The van der Waals surface area contributed by atoms with Gasteiger partial charge in [-0.25, -0.2) is 0 Å². The Morgan fingerprint density at radius 1 is 1.27 bits per heavy atom. The zero-order valence-electron chi connectivity index (χ0n) is 8.98. The van der Waals surface area contributed by atoms with Crippen LogP contribution in [0.3, 0.4) is 0 Å². The lowest BCUT2D eigenvalue weighted by Crippen LogP contribution is -2.49. The van der Waals surface area contributed by atoms with Crippen LogP contribution in [0, 0.1) is 17.2 Å². The van der Waals surface area contributed by atoms with Gasteiger partial charge in [0.1, 0.15) is 0 Å². The van der Waals surface area contributed by atoms with E-state index in [1.54, 1.807) is 0 Å². The average molecular weight is 207 g/mol. The second-order valence-corrected chi connectivity index (χ2v) is 4.35. The highest BCUT2D eigenvalue weighted by molar-refractivity contribution is 5.81. The van der Waals surface area contributed by atoms with Crippen molar-refractivity contribution in [3.63, 3.8) is 0 Å². The van der Waals surface area contributed by atoms with Gasteiger partial charge in [-0.3, -0.25) is 9.69 Å². The molecule has 0 aromatic heterocycles. The van der Waals surface area contributed by atoms with Crippen LogP contribution >= 0.6 is 0 Å². The quantitative estimate of drug-likeness (QED) is 0.675. The van der Waals surface area contributed by atoms with Gasteiger partial charge in [0.2, 0.25) is 5.91 Å². The molecule has 0 N–H and O–H groups in total. The molecule has 0 radical (unpaired) electrons. The molecule has 1 aliphatic heterocycles. The van der Waals surface area contributed by atoms with Crippen molar-refractivity contribution < 1.29 is 4.79 Å². The highest BCUT2D eigenvalue weighted by Gasteiger charge is 2.34. The third-order valence-corrected chi connectivity index (χ3v) is 3.15. The number of nitrogens with zero attached hydrogens (tertiary/aromatic N) is 3. The summed E-state index contributed by atoms with van der Waals surface area (Å²) in [7, 11) is 0.